The number of benzene rings is 1. The molecule has 5 heteroatoms. The number of ether oxygens (including phenoxy) is 1. The number of hydrogen-bond donors (Lipinski definition) is 1. The number of carbonyl (C=O) groups excluding carboxylic acids is 1. The predicted octanol–water partition coefficient (Wildman–Crippen LogP) is 2.40. The molecule has 23 heavy (non-hydrogen) atoms. The molecular formula is C18H23NO4. The molecule has 124 valence electrons. The van der Waals surface area contributed by atoms with Gasteiger partial charge >= 0.3 is 5.97 Å². The highest BCUT2D eigenvalue weighted by Crippen LogP contribution is 2.36. The smallest absolute Gasteiger partial charge is 0.308 e. The lowest BCUT2D eigenvalue weighted by atomic mass is 9.88. The van der Waals surface area contributed by atoms with Gasteiger partial charge in [-0.15, -0.1) is 0 Å². The largest absolute Gasteiger partial charge is 0.481 e. The summed E-state index contributed by atoms with van der Waals surface area (Å²) in [5, 5.41) is 9.12. The van der Waals surface area contributed by atoms with Crippen LogP contribution in [0.2, 0.25) is 0 Å². The van der Waals surface area contributed by atoms with Gasteiger partial charge in [0.25, 0.3) is 0 Å². The molecule has 0 aromatic heterocycles. The molecule has 2 aliphatic rings. The summed E-state index contributed by atoms with van der Waals surface area (Å²) in [4.78, 5) is 25.7. The van der Waals surface area contributed by atoms with Crippen LogP contribution in [-0.4, -0.2) is 41.6 Å². The topological polar surface area (TPSA) is 66.8 Å². The van der Waals surface area contributed by atoms with Gasteiger partial charge in [0.1, 0.15) is 0 Å². The minimum absolute atomic E-state index is 0.0408. The fraction of sp³-hybridized carbons (Fsp3) is 0.556. The minimum Gasteiger partial charge on any atom is -0.481 e. The van der Waals surface area contributed by atoms with Crippen LogP contribution in [0.25, 0.3) is 0 Å². The molecule has 2 heterocycles. The molecule has 0 spiro atoms. The van der Waals surface area contributed by atoms with Crippen molar-refractivity contribution >= 4 is 11.9 Å². The maximum Gasteiger partial charge on any atom is 0.308 e. The van der Waals surface area contributed by atoms with Crippen LogP contribution >= 0.6 is 0 Å². The number of aliphatic carboxylic acids is 1. The first-order valence-corrected chi connectivity index (χ1v) is 8.26. The van der Waals surface area contributed by atoms with E-state index in [9.17, 15) is 9.59 Å². The third-order valence-electron chi connectivity index (χ3n) is 4.89. The summed E-state index contributed by atoms with van der Waals surface area (Å²) in [5.41, 5.74) is 2.21. The van der Waals surface area contributed by atoms with Crippen molar-refractivity contribution in [2.75, 3.05) is 19.7 Å². The van der Waals surface area contributed by atoms with E-state index in [1.165, 1.54) is 5.56 Å². The first kappa shape index (κ1) is 16.0. The highest BCUT2D eigenvalue weighted by molar-refractivity contribution is 5.81. The molecule has 3 atom stereocenters. The SMILES string of the molecule is Cc1ccc(C2OCCCC2C(=O)N2CCC(C(=O)O)C2)cc1. The first-order chi connectivity index (χ1) is 11.1. The molecule has 2 fully saturated rings. The molecule has 0 saturated carbocycles. The van der Waals surface area contributed by atoms with Gasteiger partial charge in [0.15, 0.2) is 0 Å². The number of amides is 1. The summed E-state index contributed by atoms with van der Waals surface area (Å²) in [6.07, 6.45) is 1.99. The van der Waals surface area contributed by atoms with Crippen LogP contribution in [0.5, 0.6) is 0 Å². The van der Waals surface area contributed by atoms with E-state index in [2.05, 4.69) is 0 Å². The van der Waals surface area contributed by atoms with Crippen LogP contribution in [0, 0.1) is 18.8 Å². The summed E-state index contributed by atoms with van der Waals surface area (Å²) in [6.45, 7) is 3.56. The van der Waals surface area contributed by atoms with Gasteiger partial charge in [-0.05, 0) is 31.7 Å². The monoisotopic (exact) mass is 317 g/mol. The number of nitrogens with zero attached hydrogens (tertiary/aromatic N) is 1. The molecule has 3 unspecified atom stereocenters. The van der Waals surface area contributed by atoms with Gasteiger partial charge in [0.05, 0.1) is 17.9 Å². The number of hydrogen-bond acceptors (Lipinski definition) is 3. The van der Waals surface area contributed by atoms with E-state index >= 15 is 0 Å². The second-order valence-electron chi connectivity index (χ2n) is 6.56. The third-order valence-corrected chi connectivity index (χ3v) is 4.89. The normalized spacial score (nSPS) is 27.9. The second kappa shape index (κ2) is 6.71. The highest BCUT2D eigenvalue weighted by atomic mass is 16.5. The lowest BCUT2D eigenvalue weighted by Gasteiger charge is -2.33. The van der Waals surface area contributed by atoms with Gasteiger partial charge in [-0.1, -0.05) is 29.8 Å². The zero-order valence-electron chi connectivity index (χ0n) is 13.4. The number of carboxylic acids is 1. The molecule has 1 N–H and O–H groups in total. The van der Waals surface area contributed by atoms with Crippen LogP contribution in [0.15, 0.2) is 24.3 Å². The van der Waals surface area contributed by atoms with Crippen molar-refractivity contribution in [2.24, 2.45) is 11.8 Å². The van der Waals surface area contributed by atoms with Gasteiger partial charge in [0, 0.05) is 19.7 Å². The molecule has 0 bridgehead atoms. The fourth-order valence-corrected chi connectivity index (χ4v) is 3.52. The van der Waals surface area contributed by atoms with Gasteiger partial charge in [-0.2, -0.15) is 0 Å². The van der Waals surface area contributed by atoms with Crippen LogP contribution in [0.1, 0.15) is 36.5 Å². The van der Waals surface area contributed by atoms with Crippen LogP contribution in [-0.2, 0) is 14.3 Å². The first-order valence-electron chi connectivity index (χ1n) is 8.26. The Morgan fingerprint density at radius 2 is 1.96 bits per heavy atom. The van der Waals surface area contributed by atoms with Gasteiger partial charge in [-0.3, -0.25) is 9.59 Å². The molecule has 3 rings (SSSR count). The minimum atomic E-state index is -0.810. The lowest BCUT2D eigenvalue weighted by Crippen LogP contribution is -2.40. The fourth-order valence-electron chi connectivity index (χ4n) is 3.52. The van der Waals surface area contributed by atoms with E-state index in [4.69, 9.17) is 9.84 Å². The molecule has 1 aromatic rings. The van der Waals surface area contributed by atoms with Crippen molar-refractivity contribution in [3.8, 4) is 0 Å². The number of carbonyl (C=O) groups is 2. The Labute approximate surface area is 136 Å². The standard InChI is InChI=1S/C18H23NO4/c1-12-4-6-13(7-5-12)16-15(3-2-10-23-16)17(20)19-9-8-14(11-19)18(21)22/h4-7,14-16H,2-3,8-11H2,1H3,(H,21,22). The second-order valence-corrected chi connectivity index (χ2v) is 6.56. The van der Waals surface area contributed by atoms with Crippen molar-refractivity contribution in [3.63, 3.8) is 0 Å². The Kier molecular flexibility index (Phi) is 4.66. The summed E-state index contributed by atoms with van der Waals surface area (Å²) in [6, 6.07) is 8.11. The van der Waals surface area contributed by atoms with Gasteiger partial charge in [0.2, 0.25) is 5.91 Å². The Bertz CT molecular complexity index is 583. The molecule has 1 amide bonds. The zero-order valence-corrected chi connectivity index (χ0v) is 13.4. The number of aryl methyl sites for hydroxylation is 1. The van der Waals surface area contributed by atoms with Crippen molar-refractivity contribution in [1.29, 1.82) is 0 Å². The Morgan fingerprint density at radius 3 is 2.61 bits per heavy atom. The molecule has 5 nitrogen and oxygen atoms in total. The maximum atomic E-state index is 12.9. The maximum absolute atomic E-state index is 12.9. The van der Waals surface area contributed by atoms with E-state index < -0.39 is 11.9 Å². The molecule has 2 aliphatic heterocycles. The number of carboxylic acid groups (broad SMARTS) is 1. The average Bonchev–Trinajstić information content (AvgIpc) is 3.05. The quantitative estimate of drug-likeness (QED) is 0.929. The molecule has 0 aliphatic carbocycles. The molecular weight excluding hydrogens is 294 g/mol. The number of rotatable bonds is 3. The van der Waals surface area contributed by atoms with Gasteiger partial charge in [-0.25, -0.2) is 0 Å². The number of likely N-dealkylation sites (tertiary alicyclic amines) is 1. The van der Waals surface area contributed by atoms with E-state index in [1.54, 1.807) is 4.90 Å². The van der Waals surface area contributed by atoms with Gasteiger partial charge < -0.3 is 14.7 Å². The van der Waals surface area contributed by atoms with Crippen LogP contribution in [0.3, 0.4) is 0 Å². The van der Waals surface area contributed by atoms with Crippen LogP contribution in [0.4, 0.5) is 0 Å². The van der Waals surface area contributed by atoms with Crippen LogP contribution < -0.4 is 0 Å². The zero-order chi connectivity index (χ0) is 16.4. The Morgan fingerprint density at radius 1 is 1.22 bits per heavy atom. The lowest BCUT2D eigenvalue weighted by molar-refractivity contribution is -0.145. The van der Waals surface area contributed by atoms with E-state index in [0.29, 0.717) is 26.1 Å². The Balaban J connectivity index is 1.75. The third kappa shape index (κ3) is 3.39. The highest BCUT2D eigenvalue weighted by Gasteiger charge is 2.39. The molecule has 0 radical (unpaired) electrons. The van der Waals surface area contributed by atoms with E-state index in [-0.39, 0.29) is 17.9 Å². The Hall–Kier alpha value is -1.88. The summed E-state index contributed by atoms with van der Waals surface area (Å²) in [7, 11) is 0. The van der Waals surface area contributed by atoms with E-state index in [0.717, 1.165) is 18.4 Å². The molecule has 1 aromatic carbocycles. The predicted molar refractivity (Wildman–Crippen MR) is 84.9 cm³/mol. The summed E-state index contributed by atoms with van der Waals surface area (Å²) >= 11 is 0. The van der Waals surface area contributed by atoms with Crippen molar-refractivity contribution < 1.29 is 19.4 Å². The van der Waals surface area contributed by atoms with Crippen molar-refractivity contribution in [2.45, 2.75) is 32.3 Å². The van der Waals surface area contributed by atoms with Crippen molar-refractivity contribution in [1.82, 2.24) is 4.90 Å². The van der Waals surface area contributed by atoms with E-state index in [1.807, 2.05) is 31.2 Å². The summed E-state index contributed by atoms with van der Waals surface area (Å²) in [5.74, 6) is -1.41. The molecule has 2 saturated heterocycles. The van der Waals surface area contributed by atoms with Crippen molar-refractivity contribution in [3.05, 3.63) is 35.4 Å². The summed E-state index contributed by atoms with van der Waals surface area (Å²) < 4.78 is 5.91. The average molecular weight is 317 g/mol.